The van der Waals surface area contributed by atoms with Crippen molar-refractivity contribution >= 4 is 23.1 Å². The lowest BCUT2D eigenvalue weighted by Crippen LogP contribution is -2.32. The molecule has 0 aliphatic carbocycles. The van der Waals surface area contributed by atoms with Crippen LogP contribution in [0.2, 0.25) is 0 Å². The van der Waals surface area contributed by atoms with Crippen molar-refractivity contribution < 1.29 is 13.6 Å². The van der Waals surface area contributed by atoms with Gasteiger partial charge in [0.25, 0.3) is 0 Å². The van der Waals surface area contributed by atoms with Gasteiger partial charge in [-0.25, -0.2) is 13.6 Å². The minimum absolute atomic E-state index is 0.0634. The van der Waals surface area contributed by atoms with E-state index in [4.69, 9.17) is 0 Å². The minimum atomic E-state index is -0.597. The van der Waals surface area contributed by atoms with Crippen LogP contribution in [0.4, 0.5) is 30.6 Å². The number of aromatic nitrogens is 4. The molecule has 0 radical (unpaired) electrons. The summed E-state index contributed by atoms with van der Waals surface area (Å²) in [6.45, 7) is 10.0. The van der Waals surface area contributed by atoms with Gasteiger partial charge in [-0.3, -0.25) is 0 Å². The number of tetrazole rings is 1. The normalized spacial score (nSPS) is 11.2. The number of carbonyl (C=O) groups is 1. The smallest absolute Gasteiger partial charge is 0.323 e. The van der Waals surface area contributed by atoms with Gasteiger partial charge in [-0.1, -0.05) is 45.9 Å². The Morgan fingerprint density at radius 1 is 0.895 bits per heavy atom. The Morgan fingerprint density at radius 3 is 2.26 bits per heavy atom. The summed E-state index contributed by atoms with van der Waals surface area (Å²) in [6, 6.07) is 15.2. The van der Waals surface area contributed by atoms with E-state index in [0.717, 1.165) is 18.8 Å². The van der Waals surface area contributed by atoms with E-state index in [0.29, 0.717) is 40.0 Å². The van der Waals surface area contributed by atoms with Gasteiger partial charge in [0.1, 0.15) is 11.6 Å². The van der Waals surface area contributed by atoms with Crippen molar-refractivity contribution in [3.8, 4) is 22.5 Å². The molecular weight excluding hydrogens is 488 g/mol. The van der Waals surface area contributed by atoms with Crippen LogP contribution in [0.3, 0.4) is 0 Å². The second-order valence-electron chi connectivity index (χ2n) is 9.91. The molecule has 1 heterocycles. The molecule has 8 nitrogen and oxygen atoms in total. The number of aromatic amines is 1. The topological polar surface area (TPSA) is 98.8 Å². The van der Waals surface area contributed by atoms with Crippen molar-refractivity contribution in [1.82, 2.24) is 20.6 Å². The van der Waals surface area contributed by atoms with Gasteiger partial charge in [0.2, 0.25) is 5.82 Å². The van der Waals surface area contributed by atoms with Gasteiger partial charge in [0, 0.05) is 18.7 Å². The lowest BCUT2D eigenvalue weighted by Gasteiger charge is -2.31. The van der Waals surface area contributed by atoms with E-state index in [1.807, 2.05) is 12.1 Å². The second kappa shape index (κ2) is 11.8. The minimum Gasteiger partial charge on any atom is -0.369 e. The monoisotopic (exact) mass is 519 g/mol. The fourth-order valence-corrected chi connectivity index (χ4v) is 4.30. The van der Waals surface area contributed by atoms with E-state index < -0.39 is 17.7 Å². The van der Waals surface area contributed by atoms with Crippen molar-refractivity contribution in [3.63, 3.8) is 0 Å². The highest BCUT2D eigenvalue weighted by Crippen LogP contribution is 2.36. The third kappa shape index (κ3) is 6.50. The number of halogens is 2. The Labute approximate surface area is 220 Å². The molecule has 38 heavy (non-hydrogen) atoms. The third-order valence-corrected chi connectivity index (χ3v) is 5.76. The Morgan fingerprint density at radius 2 is 1.61 bits per heavy atom. The molecule has 0 saturated heterocycles. The molecule has 0 saturated carbocycles. The number of amides is 2. The SMILES string of the molecule is CC(C)CN(CC(C)C)c1ccc(-c2cc(F)ccc2-c2nn[nH]n2)cc1NC(=O)Nc1ccccc1F. The molecule has 0 atom stereocenters. The summed E-state index contributed by atoms with van der Waals surface area (Å²) in [7, 11) is 0. The number of para-hydroxylation sites is 1. The Bertz CT molecular complexity index is 1380. The molecule has 0 fully saturated rings. The largest absolute Gasteiger partial charge is 0.369 e. The van der Waals surface area contributed by atoms with Crippen LogP contribution in [-0.4, -0.2) is 39.7 Å². The van der Waals surface area contributed by atoms with E-state index in [-0.39, 0.29) is 5.69 Å². The summed E-state index contributed by atoms with van der Waals surface area (Å²) in [4.78, 5) is 15.2. The summed E-state index contributed by atoms with van der Waals surface area (Å²) < 4.78 is 28.6. The van der Waals surface area contributed by atoms with Crippen LogP contribution in [0, 0.1) is 23.5 Å². The number of benzene rings is 3. The molecule has 198 valence electrons. The summed E-state index contributed by atoms with van der Waals surface area (Å²) in [5, 5.41) is 19.6. The fourth-order valence-electron chi connectivity index (χ4n) is 4.30. The van der Waals surface area contributed by atoms with E-state index in [9.17, 15) is 13.6 Å². The number of H-pyrrole nitrogens is 1. The molecule has 0 spiro atoms. The maximum Gasteiger partial charge on any atom is 0.323 e. The summed E-state index contributed by atoms with van der Waals surface area (Å²) in [6.07, 6.45) is 0. The molecule has 0 aliphatic heterocycles. The first-order chi connectivity index (χ1) is 18.2. The van der Waals surface area contributed by atoms with Crippen LogP contribution in [-0.2, 0) is 0 Å². The number of hydrogen-bond donors (Lipinski definition) is 3. The average Bonchev–Trinajstić information content (AvgIpc) is 3.39. The average molecular weight is 520 g/mol. The molecule has 10 heteroatoms. The highest BCUT2D eigenvalue weighted by atomic mass is 19.1. The van der Waals surface area contributed by atoms with E-state index in [1.165, 1.54) is 24.3 Å². The first-order valence-corrected chi connectivity index (χ1v) is 12.5. The number of nitrogens with one attached hydrogen (secondary N) is 3. The van der Waals surface area contributed by atoms with E-state index >= 15 is 0 Å². The van der Waals surface area contributed by atoms with Gasteiger partial charge in [-0.05, 0) is 70.6 Å². The van der Waals surface area contributed by atoms with Crippen LogP contribution >= 0.6 is 0 Å². The molecule has 0 aliphatic rings. The zero-order valence-corrected chi connectivity index (χ0v) is 21.8. The second-order valence-corrected chi connectivity index (χ2v) is 9.91. The Balaban J connectivity index is 1.78. The Hall–Kier alpha value is -4.34. The zero-order valence-electron chi connectivity index (χ0n) is 21.8. The van der Waals surface area contributed by atoms with Crippen molar-refractivity contribution in [2.75, 3.05) is 28.6 Å². The molecule has 3 N–H and O–H groups in total. The van der Waals surface area contributed by atoms with Crippen LogP contribution < -0.4 is 15.5 Å². The summed E-state index contributed by atoms with van der Waals surface area (Å²) >= 11 is 0. The molecule has 3 aromatic carbocycles. The van der Waals surface area contributed by atoms with Gasteiger partial charge in [-0.2, -0.15) is 5.21 Å². The predicted molar refractivity (Wildman–Crippen MR) is 146 cm³/mol. The first-order valence-electron chi connectivity index (χ1n) is 12.5. The molecular formula is C28H31F2N7O. The quantitative estimate of drug-likeness (QED) is 0.232. The van der Waals surface area contributed by atoms with Gasteiger partial charge in [0.15, 0.2) is 0 Å². The summed E-state index contributed by atoms with van der Waals surface area (Å²) in [5.41, 5.74) is 3.13. The van der Waals surface area contributed by atoms with Crippen LogP contribution in [0.15, 0.2) is 60.7 Å². The highest BCUT2D eigenvalue weighted by molar-refractivity contribution is 6.02. The maximum absolute atomic E-state index is 14.4. The van der Waals surface area contributed by atoms with E-state index in [1.54, 1.807) is 24.3 Å². The molecule has 2 amide bonds. The zero-order chi connectivity index (χ0) is 27.2. The van der Waals surface area contributed by atoms with Crippen molar-refractivity contribution in [3.05, 3.63) is 72.3 Å². The maximum atomic E-state index is 14.4. The van der Waals surface area contributed by atoms with Gasteiger partial charge in [0.05, 0.1) is 17.1 Å². The van der Waals surface area contributed by atoms with Crippen LogP contribution in [0.5, 0.6) is 0 Å². The van der Waals surface area contributed by atoms with Gasteiger partial charge >= 0.3 is 6.03 Å². The standard InChI is InChI=1S/C28H31F2N7O/c1-17(2)15-37(16-18(3)4)26-12-9-19(22-14-20(29)10-11-21(22)27-33-35-36-34-27)13-25(26)32-28(38)31-24-8-6-5-7-23(24)30/h5-14,17-18H,15-16H2,1-4H3,(H2,31,32,38)(H,33,34,35,36). The molecule has 0 unspecified atom stereocenters. The Kier molecular flexibility index (Phi) is 8.30. The number of urea groups is 1. The highest BCUT2D eigenvalue weighted by Gasteiger charge is 2.19. The number of rotatable bonds is 9. The van der Waals surface area contributed by atoms with Crippen molar-refractivity contribution in [2.24, 2.45) is 11.8 Å². The van der Waals surface area contributed by atoms with Crippen LogP contribution in [0.1, 0.15) is 27.7 Å². The number of hydrogen-bond acceptors (Lipinski definition) is 5. The lowest BCUT2D eigenvalue weighted by atomic mass is 9.97. The number of carbonyl (C=O) groups excluding carboxylic acids is 1. The molecule has 4 rings (SSSR count). The number of nitrogens with zero attached hydrogens (tertiary/aromatic N) is 4. The van der Waals surface area contributed by atoms with E-state index in [2.05, 4.69) is 63.9 Å². The number of anilines is 3. The predicted octanol–water partition coefficient (Wildman–Crippen LogP) is 6.57. The third-order valence-electron chi connectivity index (χ3n) is 5.76. The van der Waals surface area contributed by atoms with Crippen molar-refractivity contribution in [2.45, 2.75) is 27.7 Å². The fraction of sp³-hybridized carbons (Fsp3) is 0.286. The van der Waals surface area contributed by atoms with Gasteiger partial charge < -0.3 is 15.5 Å². The lowest BCUT2D eigenvalue weighted by molar-refractivity contribution is 0.262. The van der Waals surface area contributed by atoms with Gasteiger partial charge in [-0.15, -0.1) is 10.2 Å². The molecule has 0 bridgehead atoms. The summed E-state index contributed by atoms with van der Waals surface area (Å²) in [5.74, 6) is 0.0760. The van der Waals surface area contributed by atoms with Crippen molar-refractivity contribution in [1.29, 1.82) is 0 Å². The van der Waals surface area contributed by atoms with Crippen LogP contribution in [0.25, 0.3) is 22.5 Å². The molecule has 1 aromatic heterocycles. The first kappa shape index (κ1) is 26.7. The molecule has 4 aromatic rings.